The van der Waals surface area contributed by atoms with Gasteiger partial charge in [-0.2, -0.15) is 0 Å². The van der Waals surface area contributed by atoms with Crippen LogP contribution in [0.4, 0.5) is 0 Å². The van der Waals surface area contributed by atoms with Crippen molar-refractivity contribution in [1.29, 1.82) is 0 Å². The van der Waals surface area contributed by atoms with Gasteiger partial charge < -0.3 is 14.8 Å². The fourth-order valence-electron chi connectivity index (χ4n) is 2.26. The molecule has 0 radical (unpaired) electrons. The van der Waals surface area contributed by atoms with Gasteiger partial charge in [-0.25, -0.2) is 4.79 Å². The van der Waals surface area contributed by atoms with Crippen molar-refractivity contribution in [3.63, 3.8) is 0 Å². The summed E-state index contributed by atoms with van der Waals surface area (Å²) in [6.45, 7) is 1.28. The maximum absolute atomic E-state index is 11.7. The average molecular weight is 252 g/mol. The summed E-state index contributed by atoms with van der Waals surface area (Å²) >= 11 is 0. The Morgan fingerprint density at radius 1 is 1.56 bits per heavy atom. The summed E-state index contributed by atoms with van der Waals surface area (Å²) in [4.78, 5) is 24.4. The van der Waals surface area contributed by atoms with Crippen molar-refractivity contribution in [3.8, 4) is 0 Å². The predicted molar refractivity (Wildman–Crippen MR) is 63.2 cm³/mol. The SMILES string of the molecule is CNC(=O)C1CCCN1Cc1ccc(C(=O)O)o1. The first-order chi connectivity index (χ1) is 8.61. The highest BCUT2D eigenvalue weighted by Gasteiger charge is 2.30. The molecule has 18 heavy (non-hydrogen) atoms. The van der Waals surface area contributed by atoms with Crippen molar-refractivity contribution < 1.29 is 19.1 Å². The van der Waals surface area contributed by atoms with Gasteiger partial charge in [0.2, 0.25) is 11.7 Å². The van der Waals surface area contributed by atoms with E-state index in [1.54, 1.807) is 13.1 Å². The number of nitrogens with zero attached hydrogens (tertiary/aromatic N) is 1. The molecule has 1 aliphatic heterocycles. The third kappa shape index (κ3) is 2.53. The van der Waals surface area contributed by atoms with Gasteiger partial charge in [0, 0.05) is 7.05 Å². The van der Waals surface area contributed by atoms with E-state index in [0.717, 1.165) is 19.4 Å². The Bertz CT molecular complexity index is 455. The number of hydrogen-bond donors (Lipinski definition) is 2. The van der Waals surface area contributed by atoms with Crippen LogP contribution in [0.25, 0.3) is 0 Å². The Hall–Kier alpha value is -1.82. The highest BCUT2D eigenvalue weighted by molar-refractivity contribution is 5.84. The summed E-state index contributed by atoms with van der Waals surface area (Å²) in [5.41, 5.74) is 0. The first-order valence-corrected chi connectivity index (χ1v) is 5.89. The maximum Gasteiger partial charge on any atom is 0.371 e. The van der Waals surface area contributed by atoms with Crippen LogP contribution in [-0.4, -0.2) is 41.5 Å². The molecule has 1 atom stereocenters. The molecule has 0 spiro atoms. The summed E-state index contributed by atoms with van der Waals surface area (Å²) in [5, 5.41) is 11.4. The molecule has 1 unspecified atom stereocenters. The predicted octanol–water partition coefficient (Wildman–Crippen LogP) is 0.688. The molecular formula is C12H16N2O4. The maximum atomic E-state index is 11.7. The lowest BCUT2D eigenvalue weighted by Crippen LogP contribution is -2.41. The fraction of sp³-hybridized carbons (Fsp3) is 0.500. The molecule has 1 saturated heterocycles. The second-order valence-corrected chi connectivity index (χ2v) is 4.31. The zero-order chi connectivity index (χ0) is 13.1. The average Bonchev–Trinajstić information content (AvgIpc) is 2.97. The molecule has 1 aliphatic rings. The Labute approximate surface area is 105 Å². The number of aromatic carboxylic acids is 1. The molecule has 98 valence electrons. The minimum absolute atomic E-state index is 0.00230. The van der Waals surface area contributed by atoms with Crippen LogP contribution in [0, 0.1) is 0 Å². The zero-order valence-electron chi connectivity index (χ0n) is 10.2. The first-order valence-electron chi connectivity index (χ1n) is 5.89. The van der Waals surface area contributed by atoms with E-state index in [2.05, 4.69) is 5.32 Å². The Kier molecular flexibility index (Phi) is 3.66. The van der Waals surface area contributed by atoms with Crippen molar-refractivity contribution in [2.75, 3.05) is 13.6 Å². The minimum atomic E-state index is -1.08. The highest BCUT2D eigenvalue weighted by atomic mass is 16.4. The number of likely N-dealkylation sites (N-methyl/N-ethyl adjacent to an activating group) is 1. The Balaban J connectivity index is 2.03. The molecule has 1 amide bonds. The van der Waals surface area contributed by atoms with Crippen LogP contribution in [-0.2, 0) is 11.3 Å². The Morgan fingerprint density at radius 2 is 2.33 bits per heavy atom. The van der Waals surface area contributed by atoms with E-state index in [-0.39, 0.29) is 17.7 Å². The number of rotatable bonds is 4. The number of furan rings is 1. The monoisotopic (exact) mass is 252 g/mol. The number of hydrogen-bond acceptors (Lipinski definition) is 4. The van der Waals surface area contributed by atoms with Crippen LogP contribution in [0.15, 0.2) is 16.5 Å². The van der Waals surface area contributed by atoms with Crippen LogP contribution in [0.5, 0.6) is 0 Å². The first kappa shape index (κ1) is 12.6. The molecular weight excluding hydrogens is 236 g/mol. The van der Waals surface area contributed by atoms with Crippen molar-refractivity contribution >= 4 is 11.9 Å². The molecule has 0 saturated carbocycles. The number of carboxylic acids is 1. The standard InChI is InChI=1S/C12H16N2O4/c1-13-11(15)9-3-2-6-14(9)7-8-4-5-10(18-8)12(16)17/h4-5,9H,2-3,6-7H2,1H3,(H,13,15)(H,16,17). The van der Waals surface area contributed by atoms with Crippen molar-refractivity contribution in [2.24, 2.45) is 0 Å². The number of carbonyl (C=O) groups excluding carboxylic acids is 1. The molecule has 2 rings (SSSR count). The van der Waals surface area contributed by atoms with Crippen LogP contribution in [0.2, 0.25) is 0 Å². The number of amides is 1. The van der Waals surface area contributed by atoms with Gasteiger partial charge in [-0.05, 0) is 31.5 Å². The molecule has 1 aromatic rings. The number of nitrogens with one attached hydrogen (secondary N) is 1. The second-order valence-electron chi connectivity index (χ2n) is 4.31. The van der Waals surface area contributed by atoms with Gasteiger partial charge in [-0.15, -0.1) is 0 Å². The topological polar surface area (TPSA) is 82.8 Å². The molecule has 0 aliphatic carbocycles. The molecule has 2 N–H and O–H groups in total. The molecule has 6 nitrogen and oxygen atoms in total. The van der Waals surface area contributed by atoms with Crippen molar-refractivity contribution in [3.05, 3.63) is 23.7 Å². The van der Waals surface area contributed by atoms with Gasteiger partial charge in [0.1, 0.15) is 5.76 Å². The van der Waals surface area contributed by atoms with E-state index in [4.69, 9.17) is 9.52 Å². The summed E-state index contributed by atoms with van der Waals surface area (Å²) < 4.78 is 5.20. The lowest BCUT2D eigenvalue weighted by Gasteiger charge is -2.21. The molecule has 0 bridgehead atoms. The smallest absolute Gasteiger partial charge is 0.371 e. The van der Waals surface area contributed by atoms with Gasteiger partial charge in [-0.3, -0.25) is 9.69 Å². The Morgan fingerprint density at radius 3 is 2.94 bits per heavy atom. The number of likely N-dealkylation sites (tertiary alicyclic amines) is 1. The van der Waals surface area contributed by atoms with Gasteiger partial charge in [-0.1, -0.05) is 0 Å². The van der Waals surface area contributed by atoms with Crippen LogP contribution in [0.3, 0.4) is 0 Å². The number of carbonyl (C=O) groups is 2. The minimum Gasteiger partial charge on any atom is -0.475 e. The molecule has 1 aromatic heterocycles. The molecule has 0 aromatic carbocycles. The van der Waals surface area contributed by atoms with Crippen molar-refractivity contribution in [2.45, 2.75) is 25.4 Å². The van der Waals surface area contributed by atoms with Crippen molar-refractivity contribution in [1.82, 2.24) is 10.2 Å². The lowest BCUT2D eigenvalue weighted by atomic mass is 10.2. The van der Waals surface area contributed by atoms with Crippen LogP contribution in [0.1, 0.15) is 29.2 Å². The van der Waals surface area contributed by atoms with E-state index >= 15 is 0 Å². The second kappa shape index (κ2) is 5.22. The zero-order valence-corrected chi connectivity index (χ0v) is 10.2. The number of carboxylic acid groups (broad SMARTS) is 1. The third-order valence-electron chi connectivity index (χ3n) is 3.14. The van der Waals surface area contributed by atoms with E-state index < -0.39 is 5.97 Å². The van der Waals surface area contributed by atoms with E-state index in [1.807, 2.05) is 4.90 Å². The summed E-state index contributed by atoms with van der Waals surface area (Å²) in [6.07, 6.45) is 1.79. The summed E-state index contributed by atoms with van der Waals surface area (Å²) in [5.74, 6) is -0.577. The van der Waals surface area contributed by atoms with Gasteiger partial charge in [0.05, 0.1) is 12.6 Å². The van der Waals surface area contributed by atoms with E-state index in [1.165, 1.54) is 6.07 Å². The summed E-state index contributed by atoms with van der Waals surface area (Å²) in [7, 11) is 1.62. The van der Waals surface area contributed by atoms with Crippen LogP contribution < -0.4 is 5.32 Å². The molecule has 6 heteroatoms. The van der Waals surface area contributed by atoms with Gasteiger partial charge in [0.15, 0.2) is 0 Å². The van der Waals surface area contributed by atoms with E-state index in [0.29, 0.717) is 12.3 Å². The molecule has 1 fully saturated rings. The quantitative estimate of drug-likeness (QED) is 0.823. The molecule has 2 heterocycles. The van der Waals surface area contributed by atoms with Crippen LogP contribution >= 0.6 is 0 Å². The van der Waals surface area contributed by atoms with E-state index in [9.17, 15) is 9.59 Å². The van der Waals surface area contributed by atoms with Gasteiger partial charge in [0.25, 0.3) is 0 Å². The fourth-order valence-corrected chi connectivity index (χ4v) is 2.26. The normalized spacial score (nSPS) is 19.9. The highest BCUT2D eigenvalue weighted by Crippen LogP contribution is 2.21. The van der Waals surface area contributed by atoms with Gasteiger partial charge >= 0.3 is 5.97 Å². The summed E-state index contributed by atoms with van der Waals surface area (Å²) in [6, 6.07) is 2.93. The largest absolute Gasteiger partial charge is 0.475 e. The third-order valence-corrected chi connectivity index (χ3v) is 3.14. The lowest BCUT2D eigenvalue weighted by molar-refractivity contribution is -0.125.